The van der Waals surface area contributed by atoms with Crippen molar-refractivity contribution in [3.05, 3.63) is 34.6 Å². The summed E-state index contributed by atoms with van der Waals surface area (Å²) in [5, 5.41) is 3.29. The molecule has 1 aromatic carbocycles. The maximum atomic E-state index is 13.8. The minimum atomic E-state index is -0.368. The molecular formula is C17H26ClFN4. The van der Waals surface area contributed by atoms with E-state index in [1.165, 1.54) is 6.07 Å². The van der Waals surface area contributed by atoms with Crippen LogP contribution in [0.3, 0.4) is 0 Å². The summed E-state index contributed by atoms with van der Waals surface area (Å²) in [6.07, 6.45) is 3.23. The maximum Gasteiger partial charge on any atom is 0.188 e. The first-order chi connectivity index (χ1) is 11.0. The number of hydrogen-bond acceptors (Lipinski definition) is 2. The molecule has 2 atom stereocenters. The molecule has 0 bridgehead atoms. The third-order valence-corrected chi connectivity index (χ3v) is 4.70. The fraction of sp³-hybridized carbons (Fsp3) is 0.588. The van der Waals surface area contributed by atoms with Crippen molar-refractivity contribution in [2.24, 2.45) is 16.6 Å². The zero-order valence-corrected chi connectivity index (χ0v) is 14.6. The topological polar surface area (TPSA) is 53.6 Å². The molecule has 2 unspecified atom stereocenters. The van der Waals surface area contributed by atoms with Crippen molar-refractivity contribution in [2.45, 2.75) is 32.2 Å². The maximum absolute atomic E-state index is 13.8. The molecule has 128 valence electrons. The molecule has 0 radical (unpaired) electrons. The Morgan fingerprint density at radius 1 is 1.52 bits per heavy atom. The highest BCUT2D eigenvalue weighted by Crippen LogP contribution is 2.37. The van der Waals surface area contributed by atoms with Crippen LogP contribution in [0.1, 0.15) is 37.8 Å². The standard InChI is InChI=1S/C17H26ClFN4/c1-3-4-8-21-17(20)22-11-13-7-9-23(2)16(13)12-5-6-14(18)15(19)10-12/h5-6,10,13,16H,3-4,7-9,11H2,1-2H3,(H3,20,21,22). The summed E-state index contributed by atoms with van der Waals surface area (Å²) in [5.41, 5.74) is 6.85. The van der Waals surface area contributed by atoms with E-state index in [-0.39, 0.29) is 16.9 Å². The Hall–Kier alpha value is -1.33. The normalized spacial score (nSPS) is 22.5. The molecule has 1 aromatic rings. The van der Waals surface area contributed by atoms with E-state index in [4.69, 9.17) is 17.3 Å². The number of hydrogen-bond donors (Lipinski definition) is 2. The highest BCUT2D eigenvalue weighted by molar-refractivity contribution is 6.30. The number of benzene rings is 1. The molecule has 3 N–H and O–H groups in total. The number of unbranched alkanes of at least 4 members (excludes halogenated alkanes) is 1. The van der Waals surface area contributed by atoms with E-state index in [9.17, 15) is 4.39 Å². The van der Waals surface area contributed by atoms with E-state index in [1.807, 2.05) is 6.07 Å². The van der Waals surface area contributed by atoms with Crippen molar-refractivity contribution >= 4 is 17.6 Å². The summed E-state index contributed by atoms with van der Waals surface area (Å²) in [7, 11) is 2.06. The number of aliphatic imine (C=N–C) groups is 1. The van der Waals surface area contributed by atoms with Gasteiger partial charge in [0.25, 0.3) is 0 Å². The fourth-order valence-electron chi connectivity index (χ4n) is 3.11. The fourth-order valence-corrected chi connectivity index (χ4v) is 3.22. The number of rotatable bonds is 6. The van der Waals surface area contributed by atoms with Gasteiger partial charge in [0.15, 0.2) is 5.96 Å². The van der Waals surface area contributed by atoms with Gasteiger partial charge in [-0.2, -0.15) is 0 Å². The van der Waals surface area contributed by atoms with Crippen molar-refractivity contribution in [2.75, 3.05) is 26.7 Å². The van der Waals surface area contributed by atoms with Crippen LogP contribution in [0, 0.1) is 11.7 Å². The van der Waals surface area contributed by atoms with Crippen LogP contribution in [0.5, 0.6) is 0 Å². The number of halogens is 2. The molecule has 2 rings (SSSR count). The summed E-state index contributed by atoms with van der Waals surface area (Å²) in [4.78, 5) is 6.70. The van der Waals surface area contributed by atoms with Crippen LogP contribution < -0.4 is 11.1 Å². The summed E-state index contributed by atoms with van der Waals surface area (Å²) >= 11 is 5.79. The van der Waals surface area contributed by atoms with Gasteiger partial charge < -0.3 is 11.1 Å². The average Bonchev–Trinajstić information content (AvgIpc) is 2.89. The number of nitrogens with zero attached hydrogens (tertiary/aromatic N) is 2. The number of nitrogens with two attached hydrogens (primary N) is 1. The smallest absolute Gasteiger partial charge is 0.188 e. The largest absolute Gasteiger partial charge is 0.370 e. The van der Waals surface area contributed by atoms with E-state index in [2.05, 4.69) is 29.2 Å². The molecule has 1 heterocycles. The molecule has 0 aliphatic carbocycles. The van der Waals surface area contributed by atoms with Crippen LogP contribution in [0.2, 0.25) is 5.02 Å². The lowest BCUT2D eigenvalue weighted by atomic mass is 9.94. The summed E-state index contributed by atoms with van der Waals surface area (Å²) in [6.45, 7) is 4.60. The molecule has 0 spiro atoms. The minimum Gasteiger partial charge on any atom is -0.370 e. The molecule has 1 saturated heterocycles. The van der Waals surface area contributed by atoms with Gasteiger partial charge in [-0.15, -0.1) is 0 Å². The van der Waals surface area contributed by atoms with E-state index >= 15 is 0 Å². The molecular weight excluding hydrogens is 315 g/mol. The van der Waals surface area contributed by atoms with E-state index in [0.29, 0.717) is 18.4 Å². The monoisotopic (exact) mass is 340 g/mol. The average molecular weight is 341 g/mol. The Bertz CT molecular complexity index is 549. The minimum absolute atomic E-state index is 0.147. The summed E-state index contributed by atoms with van der Waals surface area (Å²) < 4.78 is 13.8. The molecule has 0 saturated carbocycles. The van der Waals surface area contributed by atoms with Crippen molar-refractivity contribution < 1.29 is 4.39 Å². The SMILES string of the molecule is CCCCNC(N)=NCC1CCN(C)C1c1ccc(Cl)c(F)c1. The van der Waals surface area contributed by atoms with Crippen molar-refractivity contribution in [1.29, 1.82) is 0 Å². The molecule has 6 heteroatoms. The van der Waals surface area contributed by atoms with Gasteiger partial charge in [0.05, 0.1) is 5.02 Å². The van der Waals surface area contributed by atoms with Gasteiger partial charge in [0.1, 0.15) is 5.82 Å². The molecule has 4 nitrogen and oxygen atoms in total. The van der Waals surface area contributed by atoms with Gasteiger partial charge in [-0.1, -0.05) is 31.0 Å². The van der Waals surface area contributed by atoms with Gasteiger partial charge in [0.2, 0.25) is 0 Å². The van der Waals surface area contributed by atoms with Gasteiger partial charge in [-0.3, -0.25) is 9.89 Å². The van der Waals surface area contributed by atoms with Gasteiger partial charge in [-0.05, 0) is 50.0 Å². The molecule has 1 aliphatic rings. The molecule has 1 aliphatic heterocycles. The first-order valence-corrected chi connectivity index (χ1v) is 8.59. The molecule has 1 fully saturated rings. The van der Waals surface area contributed by atoms with Crippen molar-refractivity contribution in [1.82, 2.24) is 10.2 Å². The zero-order valence-electron chi connectivity index (χ0n) is 13.9. The third kappa shape index (κ3) is 4.82. The van der Waals surface area contributed by atoms with E-state index in [1.54, 1.807) is 6.07 Å². The third-order valence-electron chi connectivity index (χ3n) is 4.39. The van der Waals surface area contributed by atoms with Gasteiger partial charge in [0, 0.05) is 19.1 Å². The van der Waals surface area contributed by atoms with Crippen LogP contribution in [0.4, 0.5) is 4.39 Å². The summed E-state index contributed by atoms with van der Waals surface area (Å²) in [6, 6.07) is 5.21. The van der Waals surface area contributed by atoms with Gasteiger partial charge >= 0.3 is 0 Å². The van der Waals surface area contributed by atoms with Crippen molar-refractivity contribution in [3.8, 4) is 0 Å². The Morgan fingerprint density at radius 3 is 3.00 bits per heavy atom. The number of likely N-dealkylation sites (tertiary alicyclic amines) is 1. The Labute approximate surface area is 142 Å². The zero-order chi connectivity index (χ0) is 16.8. The molecule has 0 amide bonds. The van der Waals surface area contributed by atoms with E-state index in [0.717, 1.165) is 37.9 Å². The first kappa shape index (κ1) is 18.0. The first-order valence-electron chi connectivity index (χ1n) is 8.22. The lowest BCUT2D eigenvalue weighted by molar-refractivity contribution is 0.279. The van der Waals surface area contributed by atoms with Crippen LogP contribution in [-0.2, 0) is 0 Å². The van der Waals surface area contributed by atoms with Crippen LogP contribution in [0.15, 0.2) is 23.2 Å². The van der Waals surface area contributed by atoms with Crippen LogP contribution >= 0.6 is 11.6 Å². The highest BCUT2D eigenvalue weighted by Gasteiger charge is 2.33. The quantitative estimate of drug-likeness (QED) is 0.475. The Kier molecular flexibility index (Phi) is 6.66. The second kappa shape index (κ2) is 8.50. The summed E-state index contributed by atoms with van der Waals surface area (Å²) in [5.74, 6) is 0.452. The van der Waals surface area contributed by atoms with Gasteiger partial charge in [-0.25, -0.2) is 4.39 Å². The van der Waals surface area contributed by atoms with Crippen LogP contribution in [0.25, 0.3) is 0 Å². The highest BCUT2D eigenvalue weighted by atomic mass is 35.5. The lowest BCUT2D eigenvalue weighted by Crippen LogP contribution is -2.33. The number of guanidine groups is 1. The predicted molar refractivity (Wildman–Crippen MR) is 94.3 cm³/mol. The molecule has 0 aromatic heterocycles. The lowest BCUT2D eigenvalue weighted by Gasteiger charge is -2.25. The Balaban J connectivity index is 2.03. The second-order valence-corrected chi connectivity index (χ2v) is 6.56. The van der Waals surface area contributed by atoms with Crippen molar-refractivity contribution in [3.63, 3.8) is 0 Å². The van der Waals surface area contributed by atoms with Crippen LogP contribution in [-0.4, -0.2) is 37.5 Å². The Morgan fingerprint density at radius 2 is 2.30 bits per heavy atom. The molecule has 23 heavy (non-hydrogen) atoms. The second-order valence-electron chi connectivity index (χ2n) is 6.15. The predicted octanol–water partition coefficient (Wildman–Crippen LogP) is 3.18. The number of nitrogens with one attached hydrogen (secondary N) is 1. The van der Waals surface area contributed by atoms with E-state index < -0.39 is 0 Å².